The van der Waals surface area contributed by atoms with Crippen molar-refractivity contribution in [2.75, 3.05) is 5.73 Å². The van der Waals surface area contributed by atoms with Crippen LogP contribution in [0, 0.1) is 0 Å². The Hall–Kier alpha value is -1.03. The summed E-state index contributed by atoms with van der Waals surface area (Å²) >= 11 is 1.61. The van der Waals surface area contributed by atoms with Gasteiger partial charge in [-0.1, -0.05) is 6.92 Å². The average molecular weight is 213 g/mol. The second kappa shape index (κ2) is 4.00. The minimum Gasteiger partial charge on any atom is -0.457 e. The molecule has 0 radical (unpaired) electrons. The van der Waals surface area contributed by atoms with Crippen LogP contribution in [-0.2, 0) is 21.6 Å². The van der Waals surface area contributed by atoms with Crippen molar-refractivity contribution in [1.82, 2.24) is 0 Å². The molecule has 0 unspecified atom stereocenters. The number of carbonyl (C=O) groups excluding carboxylic acids is 1. The van der Waals surface area contributed by atoms with Gasteiger partial charge in [0, 0.05) is 15.8 Å². The molecule has 2 N–H and O–H groups in total. The van der Waals surface area contributed by atoms with Gasteiger partial charge in [0.1, 0.15) is 5.60 Å². The van der Waals surface area contributed by atoms with Crippen LogP contribution in [0.25, 0.3) is 0 Å². The number of hydrogen-bond donors (Lipinski definition) is 1. The molecule has 78 valence electrons. The first-order valence-corrected chi connectivity index (χ1v) is 5.38. The highest BCUT2D eigenvalue weighted by molar-refractivity contribution is 7.10. The monoisotopic (exact) mass is 213 g/mol. The van der Waals surface area contributed by atoms with E-state index in [0.29, 0.717) is 6.47 Å². The molecule has 0 amide bonds. The van der Waals surface area contributed by atoms with E-state index < -0.39 is 5.60 Å². The molecule has 1 rings (SSSR count). The summed E-state index contributed by atoms with van der Waals surface area (Å²) in [5.41, 5.74) is 6.96. The Morgan fingerprint density at radius 2 is 2.29 bits per heavy atom. The van der Waals surface area contributed by atoms with Crippen molar-refractivity contribution in [3.05, 3.63) is 15.8 Å². The first kappa shape index (κ1) is 11.0. The molecule has 1 heterocycles. The molecule has 1 aromatic heterocycles. The molecule has 0 atom stereocenters. The quantitative estimate of drug-likeness (QED) is 0.781. The van der Waals surface area contributed by atoms with Gasteiger partial charge in [-0.25, -0.2) is 0 Å². The van der Waals surface area contributed by atoms with E-state index in [1.807, 2.05) is 19.2 Å². The molecule has 14 heavy (non-hydrogen) atoms. The zero-order chi connectivity index (χ0) is 10.8. The van der Waals surface area contributed by atoms with Crippen molar-refractivity contribution >= 4 is 23.5 Å². The Morgan fingerprint density at radius 1 is 1.64 bits per heavy atom. The summed E-state index contributed by atoms with van der Waals surface area (Å²) in [4.78, 5) is 11.5. The lowest BCUT2D eigenvalue weighted by atomic mass is 9.99. The third kappa shape index (κ3) is 1.90. The van der Waals surface area contributed by atoms with Crippen molar-refractivity contribution < 1.29 is 9.53 Å². The zero-order valence-electron chi connectivity index (χ0n) is 8.66. The summed E-state index contributed by atoms with van der Waals surface area (Å²) in [5, 5.41) is 1.96. The number of thiophene rings is 1. The highest BCUT2D eigenvalue weighted by Gasteiger charge is 2.26. The number of nitrogens with two attached hydrogens (primary N) is 1. The predicted octanol–water partition coefficient (Wildman–Crippen LogP) is 2.30. The van der Waals surface area contributed by atoms with Crippen molar-refractivity contribution in [3.63, 3.8) is 0 Å². The van der Waals surface area contributed by atoms with Crippen LogP contribution >= 0.6 is 11.3 Å². The molecule has 0 aliphatic carbocycles. The van der Waals surface area contributed by atoms with Gasteiger partial charge in [-0.05, 0) is 20.3 Å². The maximum Gasteiger partial charge on any atom is 0.293 e. The second-order valence-corrected chi connectivity index (χ2v) is 4.53. The van der Waals surface area contributed by atoms with Crippen LogP contribution in [0.15, 0.2) is 5.38 Å². The Bertz CT molecular complexity index is 331. The maximum absolute atomic E-state index is 10.3. The molecule has 0 bridgehead atoms. The number of aryl methyl sites for hydroxylation is 1. The maximum atomic E-state index is 10.3. The van der Waals surface area contributed by atoms with Crippen LogP contribution in [0.5, 0.6) is 0 Å². The van der Waals surface area contributed by atoms with Gasteiger partial charge in [-0.3, -0.25) is 4.79 Å². The van der Waals surface area contributed by atoms with Gasteiger partial charge < -0.3 is 10.5 Å². The van der Waals surface area contributed by atoms with Crippen LogP contribution in [0.1, 0.15) is 31.2 Å². The normalized spacial score (nSPS) is 11.4. The SMILES string of the molecule is CCc1scc(C(C)(C)OC=O)c1N. The summed E-state index contributed by atoms with van der Waals surface area (Å²) in [6.07, 6.45) is 0.910. The lowest BCUT2D eigenvalue weighted by Crippen LogP contribution is -2.21. The summed E-state index contributed by atoms with van der Waals surface area (Å²) in [6, 6.07) is 0. The summed E-state index contributed by atoms with van der Waals surface area (Å²) in [5.74, 6) is 0. The lowest BCUT2D eigenvalue weighted by Gasteiger charge is -2.22. The van der Waals surface area contributed by atoms with E-state index in [1.165, 1.54) is 0 Å². The van der Waals surface area contributed by atoms with Crippen LogP contribution in [0.3, 0.4) is 0 Å². The number of ether oxygens (including phenoxy) is 1. The van der Waals surface area contributed by atoms with E-state index in [1.54, 1.807) is 11.3 Å². The number of carbonyl (C=O) groups is 1. The van der Waals surface area contributed by atoms with Gasteiger partial charge in [0.25, 0.3) is 6.47 Å². The van der Waals surface area contributed by atoms with Gasteiger partial charge >= 0.3 is 0 Å². The molecule has 0 aliphatic heterocycles. The van der Waals surface area contributed by atoms with Crippen molar-refractivity contribution in [3.8, 4) is 0 Å². The molecule has 0 saturated carbocycles. The molecule has 0 fully saturated rings. The minimum atomic E-state index is -0.629. The average Bonchev–Trinajstić information content (AvgIpc) is 2.47. The zero-order valence-corrected chi connectivity index (χ0v) is 9.48. The van der Waals surface area contributed by atoms with Crippen LogP contribution < -0.4 is 5.73 Å². The third-order valence-corrected chi connectivity index (χ3v) is 3.37. The number of rotatable bonds is 4. The topological polar surface area (TPSA) is 52.3 Å². The first-order chi connectivity index (χ1) is 6.53. The number of hydrogen-bond acceptors (Lipinski definition) is 4. The molecular formula is C10H15NO2S. The third-order valence-electron chi connectivity index (χ3n) is 2.22. The molecule has 0 saturated heterocycles. The molecule has 0 aromatic carbocycles. The van der Waals surface area contributed by atoms with Gasteiger partial charge in [-0.15, -0.1) is 11.3 Å². The molecule has 4 heteroatoms. The molecular weight excluding hydrogens is 198 g/mol. The lowest BCUT2D eigenvalue weighted by molar-refractivity contribution is -0.141. The Kier molecular flexibility index (Phi) is 3.16. The minimum absolute atomic E-state index is 0.461. The standard InChI is InChI=1S/C10H15NO2S/c1-4-8-9(11)7(5-14-8)10(2,3)13-6-12/h5-6H,4,11H2,1-3H3. The fourth-order valence-corrected chi connectivity index (χ4v) is 2.41. The van der Waals surface area contributed by atoms with Gasteiger partial charge in [0.05, 0.1) is 5.69 Å². The van der Waals surface area contributed by atoms with E-state index in [4.69, 9.17) is 10.5 Å². The van der Waals surface area contributed by atoms with Gasteiger partial charge in [0.2, 0.25) is 0 Å². The first-order valence-electron chi connectivity index (χ1n) is 4.50. The highest BCUT2D eigenvalue weighted by Crippen LogP contribution is 2.35. The second-order valence-electron chi connectivity index (χ2n) is 3.56. The van der Waals surface area contributed by atoms with Crippen molar-refractivity contribution in [2.45, 2.75) is 32.8 Å². The van der Waals surface area contributed by atoms with E-state index in [-0.39, 0.29) is 0 Å². The van der Waals surface area contributed by atoms with Crippen molar-refractivity contribution in [1.29, 1.82) is 0 Å². The van der Waals surface area contributed by atoms with Crippen molar-refractivity contribution in [2.24, 2.45) is 0 Å². The van der Waals surface area contributed by atoms with E-state index >= 15 is 0 Å². The molecule has 1 aromatic rings. The van der Waals surface area contributed by atoms with Gasteiger partial charge in [0.15, 0.2) is 0 Å². The molecule has 0 spiro atoms. The van der Waals surface area contributed by atoms with Crippen LogP contribution in [0.2, 0.25) is 0 Å². The fraction of sp³-hybridized carbons (Fsp3) is 0.500. The van der Waals surface area contributed by atoms with Gasteiger partial charge in [-0.2, -0.15) is 0 Å². The van der Waals surface area contributed by atoms with Crippen LogP contribution in [0.4, 0.5) is 5.69 Å². The Morgan fingerprint density at radius 3 is 2.71 bits per heavy atom. The largest absolute Gasteiger partial charge is 0.457 e. The predicted molar refractivity (Wildman–Crippen MR) is 58.3 cm³/mol. The summed E-state index contributed by atoms with van der Waals surface area (Å²) < 4.78 is 5.00. The van der Waals surface area contributed by atoms with Crippen LogP contribution in [-0.4, -0.2) is 6.47 Å². The summed E-state index contributed by atoms with van der Waals surface area (Å²) in [6.45, 7) is 6.18. The molecule has 0 aliphatic rings. The highest BCUT2D eigenvalue weighted by atomic mass is 32.1. The molecule has 3 nitrogen and oxygen atoms in total. The van der Waals surface area contributed by atoms with E-state index in [2.05, 4.69) is 6.92 Å². The number of nitrogen functional groups attached to an aromatic ring is 1. The Labute approximate surface area is 87.9 Å². The van der Waals surface area contributed by atoms with E-state index in [9.17, 15) is 4.79 Å². The fourth-order valence-electron chi connectivity index (χ4n) is 1.33. The Balaban J connectivity index is 3.06. The smallest absolute Gasteiger partial charge is 0.293 e. The van der Waals surface area contributed by atoms with E-state index in [0.717, 1.165) is 22.5 Å². The summed E-state index contributed by atoms with van der Waals surface area (Å²) in [7, 11) is 0. The number of anilines is 1.